The lowest BCUT2D eigenvalue weighted by Gasteiger charge is -2.19. The largest absolute Gasteiger partial charge is 0.417 e. The first-order chi connectivity index (χ1) is 17.3. The van der Waals surface area contributed by atoms with Crippen molar-refractivity contribution in [1.82, 2.24) is 10.6 Å². The van der Waals surface area contributed by atoms with Crippen molar-refractivity contribution in [1.29, 1.82) is 0 Å². The number of alkyl halides is 9. The predicted molar refractivity (Wildman–Crippen MR) is 119 cm³/mol. The van der Waals surface area contributed by atoms with E-state index in [1.165, 1.54) is 5.32 Å². The van der Waals surface area contributed by atoms with Gasteiger partial charge in [-0.25, -0.2) is 4.39 Å². The summed E-state index contributed by atoms with van der Waals surface area (Å²) in [5.41, 5.74) is -3.51. The smallest absolute Gasteiger partial charge is 0.345 e. The fourth-order valence-electron chi connectivity index (χ4n) is 3.15. The first-order valence-corrected chi connectivity index (χ1v) is 11.1. The molecule has 2 N–H and O–H groups in total. The van der Waals surface area contributed by atoms with Crippen molar-refractivity contribution in [3.8, 4) is 0 Å². The van der Waals surface area contributed by atoms with Crippen molar-refractivity contribution >= 4 is 33.8 Å². The Kier molecular flexibility index (Phi) is 9.62. The maximum absolute atomic E-state index is 13.6. The normalized spacial score (nSPS) is 14.3. The van der Waals surface area contributed by atoms with Crippen LogP contribution in [0.1, 0.15) is 39.9 Å². The summed E-state index contributed by atoms with van der Waals surface area (Å²) in [5, 5.41) is 3.31. The van der Waals surface area contributed by atoms with Crippen molar-refractivity contribution in [2.24, 2.45) is 0 Å². The number of amides is 2. The molecular weight excluding hydrogens is 606 g/mol. The van der Waals surface area contributed by atoms with E-state index in [1.807, 2.05) is 5.32 Å². The van der Waals surface area contributed by atoms with E-state index in [0.717, 1.165) is 25.1 Å². The number of benzene rings is 2. The van der Waals surface area contributed by atoms with Gasteiger partial charge in [0.05, 0.1) is 17.0 Å². The fourth-order valence-corrected chi connectivity index (χ4v) is 3.63. The first-order valence-electron chi connectivity index (χ1n) is 10.4. The maximum Gasteiger partial charge on any atom is 0.417 e. The SMILES string of the molecule is CC(NC(=O)c1ccc(/C=C/C(c2cc(F)cc(Br)c2)C(F)(F)F)cc1C(F)(F)F)C(=O)NCC(F)(F)F. The lowest BCUT2D eigenvalue weighted by molar-refractivity contribution is -0.140. The summed E-state index contributed by atoms with van der Waals surface area (Å²) < 4.78 is 132. The van der Waals surface area contributed by atoms with Crippen LogP contribution in [-0.2, 0) is 11.0 Å². The van der Waals surface area contributed by atoms with Gasteiger partial charge in [-0.3, -0.25) is 9.59 Å². The molecule has 2 rings (SSSR count). The van der Waals surface area contributed by atoms with Gasteiger partial charge in [-0.15, -0.1) is 0 Å². The molecule has 2 unspecified atom stereocenters. The zero-order valence-corrected chi connectivity index (χ0v) is 20.5. The predicted octanol–water partition coefficient (Wildman–Crippen LogP) is 6.76. The van der Waals surface area contributed by atoms with Crippen molar-refractivity contribution in [2.45, 2.75) is 37.4 Å². The van der Waals surface area contributed by atoms with E-state index in [2.05, 4.69) is 15.9 Å². The Morgan fingerprint density at radius 1 is 0.974 bits per heavy atom. The lowest BCUT2D eigenvalue weighted by Crippen LogP contribution is -2.47. The monoisotopic (exact) mass is 622 g/mol. The van der Waals surface area contributed by atoms with Crippen molar-refractivity contribution in [3.63, 3.8) is 0 Å². The van der Waals surface area contributed by atoms with Gasteiger partial charge < -0.3 is 10.6 Å². The molecule has 0 heterocycles. The molecule has 0 spiro atoms. The summed E-state index contributed by atoms with van der Waals surface area (Å²) in [6.07, 6.45) is -13.6. The van der Waals surface area contributed by atoms with Gasteiger partial charge in [-0.05, 0) is 48.4 Å². The number of hydrogen-bond donors (Lipinski definition) is 2. The van der Waals surface area contributed by atoms with Gasteiger partial charge in [0.1, 0.15) is 18.4 Å². The molecule has 2 aromatic rings. The number of rotatable bonds is 7. The molecule has 0 fully saturated rings. The molecule has 0 aliphatic carbocycles. The highest BCUT2D eigenvalue weighted by molar-refractivity contribution is 9.10. The van der Waals surface area contributed by atoms with Gasteiger partial charge in [0.2, 0.25) is 5.91 Å². The van der Waals surface area contributed by atoms with Crippen LogP contribution in [0.2, 0.25) is 0 Å². The summed E-state index contributed by atoms with van der Waals surface area (Å²) in [6, 6.07) is 2.79. The van der Waals surface area contributed by atoms with Gasteiger partial charge in [0.15, 0.2) is 0 Å². The van der Waals surface area contributed by atoms with Crippen LogP contribution in [0.15, 0.2) is 46.9 Å². The van der Waals surface area contributed by atoms with E-state index in [0.29, 0.717) is 30.4 Å². The molecule has 208 valence electrons. The Morgan fingerprint density at radius 2 is 1.61 bits per heavy atom. The molecule has 38 heavy (non-hydrogen) atoms. The van der Waals surface area contributed by atoms with Crippen LogP contribution < -0.4 is 10.6 Å². The van der Waals surface area contributed by atoms with Crippen LogP contribution in [-0.4, -0.2) is 36.8 Å². The summed E-state index contributed by atoms with van der Waals surface area (Å²) in [5.74, 6) is -6.14. The Balaban J connectivity index is 2.35. The quantitative estimate of drug-likeness (QED) is 0.335. The summed E-state index contributed by atoms with van der Waals surface area (Å²) in [6.45, 7) is -0.789. The molecule has 0 aromatic heterocycles. The molecule has 2 aromatic carbocycles. The highest BCUT2D eigenvalue weighted by Gasteiger charge is 2.40. The zero-order valence-electron chi connectivity index (χ0n) is 19.0. The third-order valence-electron chi connectivity index (χ3n) is 4.88. The second kappa shape index (κ2) is 11.7. The molecular formula is C23H17BrF10N2O2. The second-order valence-electron chi connectivity index (χ2n) is 7.91. The topological polar surface area (TPSA) is 58.2 Å². The average molecular weight is 623 g/mol. The number of allylic oxidation sites excluding steroid dienone is 1. The molecule has 2 atom stereocenters. The Bertz CT molecular complexity index is 1190. The first kappa shape index (κ1) is 31.1. The molecule has 0 saturated heterocycles. The number of hydrogen-bond acceptors (Lipinski definition) is 2. The minimum atomic E-state index is -5.17. The summed E-state index contributed by atoms with van der Waals surface area (Å²) in [7, 11) is 0. The lowest BCUT2D eigenvalue weighted by atomic mass is 9.96. The van der Waals surface area contributed by atoms with E-state index in [-0.39, 0.29) is 4.47 Å². The van der Waals surface area contributed by atoms with Gasteiger partial charge in [-0.1, -0.05) is 34.1 Å². The highest BCUT2D eigenvalue weighted by atomic mass is 79.9. The Morgan fingerprint density at radius 3 is 2.13 bits per heavy atom. The van der Waals surface area contributed by atoms with Crippen molar-refractivity contribution in [3.05, 3.63) is 75.0 Å². The van der Waals surface area contributed by atoms with E-state index in [9.17, 15) is 53.5 Å². The van der Waals surface area contributed by atoms with E-state index >= 15 is 0 Å². The Labute approximate surface area is 217 Å². The number of carbonyl (C=O) groups excluding carboxylic acids is 2. The maximum atomic E-state index is 13.6. The zero-order chi connectivity index (χ0) is 29.1. The van der Waals surface area contributed by atoms with Gasteiger partial charge in [0.25, 0.3) is 5.91 Å². The van der Waals surface area contributed by atoms with E-state index in [1.54, 1.807) is 0 Å². The molecule has 4 nitrogen and oxygen atoms in total. The summed E-state index contributed by atoms with van der Waals surface area (Å²) in [4.78, 5) is 24.1. The van der Waals surface area contributed by atoms with Crippen LogP contribution in [0.4, 0.5) is 43.9 Å². The Hall–Kier alpha value is -3.10. The van der Waals surface area contributed by atoms with Gasteiger partial charge >= 0.3 is 18.5 Å². The standard InChI is InChI=1S/C23H17BrF10N2O2/c1-11(19(37)35-10-21(26,27)28)36-20(38)16-4-2-12(6-18(16)23(32,33)34)3-5-17(22(29,30)31)13-7-14(24)9-15(25)8-13/h2-9,11,17H,10H2,1H3,(H,35,37)(H,36,38)/b5-3+. The molecule has 0 bridgehead atoms. The summed E-state index contributed by atoms with van der Waals surface area (Å²) >= 11 is 2.87. The molecule has 15 heteroatoms. The minimum absolute atomic E-state index is 0.00573. The van der Waals surface area contributed by atoms with Crippen LogP contribution >= 0.6 is 15.9 Å². The van der Waals surface area contributed by atoms with Crippen molar-refractivity contribution < 1.29 is 53.5 Å². The number of carbonyl (C=O) groups is 2. The molecule has 2 amide bonds. The van der Waals surface area contributed by atoms with Crippen LogP contribution in [0.5, 0.6) is 0 Å². The van der Waals surface area contributed by atoms with Crippen molar-refractivity contribution in [2.75, 3.05) is 6.54 Å². The van der Waals surface area contributed by atoms with E-state index in [4.69, 9.17) is 0 Å². The molecule has 0 saturated carbocycles. The van der Waals surface area contributed by atoms with E-state index < -0.39 is 76.9 Å². The number of halogens is 11. The minimum Gasteiger partial charge on any atom is -0.345 e. The molecule has 0 aliphatic heterocycles. The van der Waals surface area contributed by atoms with Crippen LogP contribution in [0, 0.1) is 5.82 Å². The van der Waals surface area contributed by atoms with Gasteiger partial charge in [0, 0.05) is 4.47 Å². The van der Waals surface area contributed by atoms with Crippen LogP contribution in [0.25, 0.3) is 6.08 Å². The highest BCUT2D eigenvalue weighted by Crippen LogP contribution is 2.38. The second-order valence-corrected chi connectivity index (χ2v) is 8.83. The molecule has 0 aliphatic rings. The average Bonchev–Trinajstić information content (AvgIpc) is 2.74. The number of nitrogens with one attached hydrogen (secondary N) is 2. The molecule has 0 radical (unpaired) electrons. The third kappa shape index (κ3) is 9.03. The van der Waals surface area contributed by atoms with Gasteiger partial charge in [-0.2, -0.15) is 39.5 Å². The third-order valence-corrected chi connectivity index (χ3v) is 5.33. The fraction of sp³-hybridized carbons (Fsp3) is 0.304. The van der Waals surface area contributed by atoms with Crippen LogP contribution in [0.3, 0.4) is 0 Å².